The van der Waals surface area contributed by atoms with Gasteiger partial charge in [-0.2, -0.15) is 4.31 Å². The zero-order chi connectivity index (χ0) is 23.1. The van der Waals surface area contributed by atoms with E-state index in [2.05, 4.69) is 10.6 Å². The smallest absolute Gasteiger partial charge is 0.315 e. The number of urea groups is 1. The molecular weight excluding hydrogens is 428 g/mol. The van der Waals surface area contributed by atoms with Gasteiger partial charge in [0.2, 0.25) is 10.0 Å². The average Bonchev–Trinajstić information content (AvgIpc) is 2.80. The minimum atomic E-state index is -3.61. The summed E-state index contributed by atoms with van der Waals surface area (Å²) in [6.45, 7) is 5.41. The first-order valence-electron chi connectivity index (χ1n) is 11.8. The third-order valence-corrected chi connectivity index (χ3v) is 8.53. The van der Waals surface area contributed by atoms with Crippen molar-refractivity contribution >= 4 is 22.0 Å². The summed E-state index contributed by atoms with van der Waals surface area (Å²) in [5, 5.41) is 6.12. The Morgan fingerprint density at radius 2 is 1.56 bits per heavy atom. The summed E-state index contributed by atoms with van der Waals surface area (Å²) < 4.78 is 27.0. The van der Waals surface area contributed by atoms with Crippen molar-refractivity contribution in [3.8, 4) is 0 Å². The van der Waals surface area contributed by atoms with E-state index in [1.165, 1.54) is 35.7 Å². The van der Waals surface area contributed by atoms with Crippen molar-refractivity contribution in [2.45, 2.75) is 75.8 Å². The first kappa shape index (κ1) is 24.5. The maximum atomic E-state index is 13.0. The van der Waals surface area contributed by atoms with Crippen LogP contribution < -0.4 is 10.6 Å². The second kappa shape index (κ2) is 11.1. The zero-order valence-electron chi connectivity index (χ0n) is 19.2. The van der Waals surface area contributed by atoms with E-state index in [4.69, 9.17) is 0 Å². The Kier molecular flexibility index (Phi) is 8.53. The van der Waals surface area contributed by atoms with Gasteiger partial charge >= 0.3 is 6.03 Å². The maximum absolute atomic E-state index is 13.0. The largest absolute Gasteiger partial charge is 0.338 e. The molecule has 32 heavy (non-hydrogen) atoms. The summed E-state index contributed by atoms with van der Waals surface area (Å²) in [6.07, 6.45) is 7.04. The predicted octanol–water partition coefficient (Wildman–Crippen LogP) is 2.95. The van der Waals surface area contributed by atoms with Crippen molar-refractivity contribution in [3.63, 3.8) is 0 Å². The van der Waals surface area contributed by atoms with Crippen molar-refractivity contribution in [3.05, 3.63) is 29.8 Å². The Morgan fingerprint density at radius 1 is 0.969 bits per heavy atom. The third-order valence-electron chi connectivity index (χ3n) is 6.48. The second-order valence-electron chi connectivity index (χ2n) is 8.64. The number of amides is 3. The normalized spacial score (nSPS) is 18.5. The van der Waals surface area contributed by atoms with Crippen LogP contribution >= 0.6 is 0 Å². The molecule has 0 aromatic heterocycles. The number of likely N-dealkylation sites (tertiary alicyclic amines) is 1. The Bertz CT molecular complexity index is 887. The molecule has 1 aliphatic heterocycles. The van der Waals surface area contributed by atoms with Gasteiger partial charge in [0.1, 0.15) is 0 Å². The van der Waals surface area contributed by atoms with E-state index >= 15 is 0 Å². The molecule has 1 heterocycles. The molecule has 0 atom stereocenters. The fourth-order valence-electron chi connectivity index (χ4n) is 4.57. The molecule has 1 aliphatic carbocycles. The first-order valence-corrected chi connectivity index (χ1v) is 13.3. The number of benzene rings is 1. The minimum absolute atomic E-state index is 0.0389. The van der Waals surface area contributed by atoms with Gasteiger partial charge in [0.25, 0.3) is 5.91 Å². The van der Waals surface area contributed by atoms with Crippen LogP contribution in [-0.4, -0.2) is 67.8 Å². The highest BCUT2D eigenvalue weighted by Crippen LogP contribution is 2.20. The fourth-order valence-corrected chi connectivity index (χ4v) is 6.08. The topological polar surface area (TPSA) is 98.8 Å². The first-order chi connectivity index (χ1) is 15.3. The van der Waals surface area contributed by atoms with E-state index in [-0.39, 0.29) is 28.9 Å². The van der Waals surface area contributed by atoms with Crippen LogP contribution in [0, 0.1) is 0 Å². The molecule has 1 aromatic carbocycles. The van der Waals surface area contributed by atoms with Gasteiger partial charge in [-0.15, -0.1) is 0 Å². The standard InChI is InChI=1S/C23H36N4O4S/c1-3-27(4-2)32(30,31)21-12-8-9-18(17-21)22(28)26-15-13-20(14-16-26)25-23(29)24-19-10-6-5-7-11-19/h8-9,12,17,19-20H,3-7,10-11,13-16H2,1-2H3,(H2,24,25,29). The molecule has 2 aliphatic rings. The monoisotopic (exact) mass is 464 g/mol. The lowest BCUT2D eigenvalue weighted by Gasteiger charge is -2.33. The summed E-state index contributed by atoms with van der Waals surface area (Å²) in [7, 11) is -3.61. The molecule has 1 aromatic rings. The molecule has 8 nitrogen and oxygen atoms in total. The van der Waals surface area contributed by atoms with E-state index in [1.54, 1.807) is 30.9 Å². The van der Waals surface area contributed by atoms with E-state index in [9.17, 15) is 18.0 Å². The summed E-state index contributed by atoms with van der Waals surface area (Å²) in [5.74, 6) is -0.174. The lowest BCUT2D eigenvalue weighted by atomic mass is 9.96. The zero-order valence-corrected chi connectivity index (χ0v) is 20.0. The summed E-state index contributed by atoms with van der Waals surface area (Å²) >= 11 is 0. The van der Waals surface area contributed by atoms with Crippen molar-refractivity contribution in [2.75, 3.05) is 26.2 Å². The number of piperidine rings is 1. The van der Waals surface area contributed by atoms with Crippen LogP contribution in [0.25, 0.3) is 0 Å². The van der Waals surface area contributed by atoms with Gasteiger partial charge in [0.15, 0.2) is 0 Å². The van der Waals surface area contributed by atoms with Crippen molar-refractivity contribution in [2.24, 2.45) is 0 Å². The summed E-state index contributed by atoms with van der Waals surface area (Å²) in [6, 6.07) is 6.47. The number of carbonyl (C=O) groups excluding carboxylic acids is 2. The van der Waals surface area contributed by atoms with Gasteiger partial charge in [-0.1, -0.05) is 39.2 Å². The van der Waals surface area contributed by atoms with Crippen LogP contribution in [0.1, 0.15) is 69.2 Å². The molecule has 3 amide bonds. The molecular formula is C23H36N4O4S. The number of nitrogens with one attached hydrogen (secondary N) is 2. The maximum Gasteiger partial charge on any atom is 0.315 e. The molecule has 1 saturated carbocycles. The Morgan fingerprint density at radius 3 is 2.16 bits per heavy atom. The van der Waals surface area contributed by atoms with Crippen LogP contribution in [0.15, 0.2) is 29.2 Å². The highest BCUT2D eigenvalue weighted by atomic mass is 32.2. The van der Waals surface area contributed by atoms with Gasteiger partial charge in [-0.3, -0.25) is 4.79 Å². The summed E-state index contributed by atoms with van der Waals surface area (Å²) in [4.78, 5) is 27.2. The van der Waals surface area contributed by atoms with Gasteiger partial charge in [0, 0.05) is 43.8 Å². The van der Waals surface area contributed by atoms with Gasteiger partial charge in [-0.25, -0.2) is 13.2 Å². The fraction of sp³-hybridized carbons (Fsp3) is 0.652. The predicted molar refractivity (Wildman–Crippen MR) is 124 cm³/mol. The van der Waals surface area contributed by atoms with E-state index < -0.39 is 10.0 Å². The number of carbonyl (C=O) groups is 2. The lowest BCUT2D eigenvalue weighted by Crippen LogP contribution is -2.51. The molecule has 1 saturated heterocycles. The minimum Gasteiger partial charge on any atom is -0.338 e. The molecule has 3 rings (SSSR count). The highest BCUT2D eigenvalue weighted by molar-refractivity contribution is 7.89. The quantitative estimate of drug-likeness (QED) is 0.648. The van der Waals surface area contributed by atoms with Crippen LogP contribution in [0.3, 0.4) is 0 Å². The van der Waals surface area contributed by atoms with Crippen molar-refractivity contribution < 1.29 is 18.0 Å². The molecule has 0 bridgehead atoms. The SMILES string of the molecule is CCN(CC)S(=O)(=O)c1cccc(C(=O)N2CCC(NC(=O)NC3CCCCC3)CC2)c1. The Hall–Kier alpha value is -2.13. The number of rotatable bonds is 7. The van der Waals surface area contributed by atoms with Crippen LogP contribution in [0.2, 0.25) is 0 Å². The molecule has 2 fully saturated rings. The van der Waals surface area contributed by atoms with Crippen LogP contribution in [0.4, 0.5) is 4.79 Å². The third kappa shape index (κ3) is 6.01. The average molecular weight is 465 g/mol. The van der Waals surface area contributed by atoms with Gasteiger partial charge < -0.3 is 15.5 Å². The number of hydrogen-bond donors (Lipinski definition) is 2. The molecule has 0 unspecified atom stereocenters. The Balaban J connectivity index is 1.54. The second-order valence-corrected chi connectivity index (χ2v) is 10.6. The Labute approximate surface area is 191 Å². The molecule has 0 spiro atoms. The number of sulfonamides is 1. The molecule has 0 radical (unpaired) electrons. The van der Waals surface area contributed by atoms with E-state index in [0.717, 1.165) is 12.8 Å². The van der Waals surface area contributed by atoms with Crippen LogP contribution in [-0.2, 0) is 10.0 Å². The molecule has 2 N–H and O–H groups in total. The van der Waals surface area contributed by atoms with Gasteiger partial charge in [0.05, 0.1) is 4.90 Å². The van der Waals surface area contributed by atoms with E-state index in [1.807, 2.05) is 0 Å². The highest BCUT2D eigenvalue weighted by Gasteiger charge is 2.27. The van der Waals surface area contributed by atoms with Crippen LogP contribution in [0.5, 0.6) is 0 Å². The van der Waals surface area contributed by atoms with Crippen molar-refractivity contribution in [1.29, 1.82) is 0 Å². The molecule has 178 valence electrons. The van der Waals surface area contributed by atoms with Crippen molar-refractivity contribution in [1.82, 2.24) is 19.8 Å². The van der Waals surface area contributed by atoms with Gasteiger partial charge in [-0.05, 0) is 43.9 Å². The number of hydrogen-bond acceptors (Lipinski definition) is 4. The number of nitrogens with zero attached hydrogens (tertiary/aromatic N) is 2. The molecule has 9 heteroatoms. The van der Waals surface area contributed by atoms with E-state index in [0.29, 0.717) is 44.6 Å². The lowest BCUT2D eigenvalue weighted by molar-refractivity contribution is 0.0708. The summed E-state index contributed by atoms with van der Waals surface area (Å²) in [5.41, 5.74) is 0.375.